The van der Waals surface area contributed by atoms with Crippen molar-refractivity contribution in [3.8, 4) is 11.5 Å². The Morgan fingerprint density at radius 1 is 1.40 bits per heavy atom. The molecule has 0 aliphatic heterocycles. The van der Waals surface area contributed by atoms with Crippen LogP contribution in [0, 0.1) is 5.92 Å². The highest BCUT2D eigenvalue weighted by molar-refractivity contribution is 6.55. The maximum absolute atomic E-state index is 12.2. The number of Topliss-reactive ketones (excluding diaryl/α,β-unsaturated/α-hetero) is 1. The third-order valence-corrected chi connectivity index (χ3v) is 3.51. The van der Waals surface area contributed by atoms with Gasteiger partial charge in [0.15, 0.2) is 5.78 Å². The summed E-state index contributed by atoms with van der Waals surface area (Å²) in [6.45, 7) is 0.196. The summed E-state index contributed by atoms with van der Waals surface area (Å²) in [7, 11) is 1.49. The molecule has 0 bridgehead atoms. The van der Waals surface area contributed by atoms with Gasteiger partial charge in [0.05, 0.1) is 17.7 Å². The standard InChI is InChI=1S/C14H13Cl3O3/c1-19-14-10(13(18)8-2-3-8)6-9(7-11(14)15)20-5-4-12(16)17/h4,6-8H,2-3,5H2,1H3. The van der Waals surface area contributed by atoms with Crippen LogP contribution in [0.25, 0.3) is 0 Å². The average molecular weight is 336 g/mol. The summed E-state index contributed by atoms with van der Waals surface area (Å²) < 4.78 is 10.8. The van der Waals surface area contributed by atoms with E-state index in [1.54, 1.807) is 12.1 Å². The molecule has 0 spiro atoms. The molecule has 1 saturated carbocycles. The molecule has 108 valence electrons. The molecule has 2 rings (SSSR count). The van der Waals surface area contributed by atoms with E-state index in [4.69, 9.17) is 44.3 Å². The van der Waals surface area contributed by atoms with Gasteiger partial charge in [-0.3, -0.25) is 4.79 Å². The van der Waals surface area contributed by atoms with E-state index in [-0.39, 0.29) is 22.8 Å². The van der Waals surface area contributed by atoms with E-state index in [1.165, 1.54) is 13.2 Å². The summed E-state index contributed by atoms with van der Waals surface area (Å²) in [4.78, 5) is 12.2. The highest BCUT2D eigenvalue weighted by atomic mass is 35.5. The zero-order valence-electron chi connectivity index (χ0n) is 10.8. The number of methoxy groups -OCH3 is 1. The molecule has 0 heterocycles. The third kappa shape index (κ3) is 3.81. The molecule has 20 heavy (non-hydrogen) atoms. The van der Waals surface area contributed by atoms with Crippen LogP contribution in [0.1, 0.15) is 23.2 Å². The lowest BCUT2D eigenvalue weighted by Gasteiger charge is -2.12. The third-order valence-electron chi connectivity index (χ3n) is 2.92. The molecule has 0 radical (unpaired) electrons. The van der Waals surface area contributed by atoms with Gasteiger partial charge >= 0.3 is 0 Å². The highest BCUT2D eigenvalue weighted by Gasteiger charge is 2.33. The predicted octanol–water partition coefficient (Wildman–Crippen LogP) is 4.64. The summed E-state index contributed by atoms with van der Waals surface area (Å²) in [5.41, 5.74) is 0.457. The van der Waals surface area contributed by atoms with Gasteiger partial charge in [0, 0.05) is 12.0 Å². The number of hydrogen-bond donors (Lipinski definition) is 0. The first-order chi connectivity index (χ1) is 9.52. The van der Waals surface area contributed by atoms with E-state index in [0.717, 1.165) is 12.8 Å². The number of halogens is 3. The number of carbonyl (C=O) groups excluding carboxylic acids is 1. The molecule has 0 atom stereocenters. The Kier molecular flexibility index (Phi) is 5.19. The van der Waals surface area contributed by atoms with Gasteiger partial charge in [-0.05, 0) is 25.0 Å². The molecular formula is C14H13Cl3O3. The monoisotopic (exact) mass is 334 g/mol. The van der Waals surface area contributed by atoms with Crippen molar-refractivity contribution in [3.63, 3.8) is 0 Å². The van der Waals surface area contributed by atoms with Crippen LogP contribution in [0.4, 0.5) is 0 Å². The molecule has 0 aromatic heterocycles. The van der Waals surface area contributed by atoms with Crippen LogP contribution < -0.4 is 9.47 Å². The van der Waals surface area contributed by atoms with Gasteiger partial charge < -0.3 is 9.47 Å². The van der Waals surface area contributed by atoms with Gasteiger partial charge in [-0.2, -0.15) is 0 Å². The second-order valence-corrected chi connectivity index (χ2v) is 5.84. The van der Waals surface area contributed by atoms with Crippen LogP contribution in [0.2, 0.25) is 5.02 Å². The van der Waals surface area contributed by atoms with E-state index >= 15 is 0 Å². The minimum absolute atomic E-state index is 0.0418. The first-order valence-electron chi connectivity index (χ1n) is 6.08. The summed E-state index contributed by atoms with van der Waals surface area (Å²) in [5.74, 6) is 0.986. The summed E-state index contributed by atoms with van der Waals surface area (Å²) in [6, 6.07) is 3.24. The lowest BCUT2D eigenvalue weighted by molar-refractivity contribution is 0.0964. The molecule has 0 saturated heterocycles. The smallest absolute Gasteiger partial charge is 0.169 e. The fourth-order valence-corrected chi connectivity index (χ4v) is 2.22. The van der Waals surface area contributed by atoms with Gasteiger partial charge in [0.1, 0.15) is 22.6 Å². The van der Waals surface area contributed by atoms with Crippen LogP contribution >= 0.6 is 34.8 Å². The van der Waals surface area contributed by atoms with Crippen molar-refractivity contribution in [2.24, 2.45) is 5.92 Å². The normalized spacial score (nSPS) is 13.8. The first kappa shape index (κ1) is 15.5. The van der Waals surface area contributed by atoms with Crippen molar-refractivity contribution in [2.45, 2.75) is 12.8 Å². The van der Waals surface area contributed by atoms with Gasteiger partial charge in [-0.1, -0.05) is 34.8 Å². The number of hydrogen-bond acceptors (Lipinski definition) is 3. The van der Waals surface area contributed by atoms with Crippen LogP contribution in [-0.2, 0) is 0 Å². The van der Waals surface area contributed by atoms with Gasteiger partial charge in [-0.25, -0.2) is 0 Å². The number of ketones is 1. The lowest BCUT2D eigenvalue weighted by atomic mass is 10.1. The molecule has 1 aromatic carbocycles. The Hall–Kier alpha value is -0.900. The molecule has 0 N–H and O–H groups in total. The van der Waals surface area contributed by atoms with Gasteiger partial charge in [-0.15, -0.1) is 0 Å². The fraction of sp³-hybridized carbons (Fsp3) is 0.357. The van der Waals surface area contributed by atoms with E-state index in [2.05, 4.69) is 0 Å². The Morgan fingerprint density at radius 2 is 2.10 bits per heavy atom. The number of benzene rings is 1. The Bertz CT molecular complexity index is 547. The molecule has 1 aliphatic rings. The predicted molar refractivity (Wildman–Crippen MR) is 80.3 cm³/mol. The Labute approximate surface area is 132 Å². The SMILES string of the molecule is COc1c(Cl)cc(OCC=C(Cl)Cl)cc1C(=O)C1CC1. The molecule has 0 unspecified atom stereocenters. The van der Waals surface area contributed by atoms with Crippen molar-refractivity contribution >= 4 is 40.6 Å². The number of ether oxygens (including phenoxy) is 2. The largest absolute Gasteiger partial charge is 0.494 e. The second kappa shape index (κ2) is 6.70. The zero-order valence-corrected chi connectivity index (χ0v) is 13.1. The number of rotatable bonds is 6. The maximum Gasteiger partial charge on any atom is 0.169 e. The van der Waals surface area contributed by atoms with Crippen LogP contribution in [-0.4, -0.2) is 19.5 Å². The van der Waals surface area contributed by atoms with Crippen molar-refractivity contribution < 1.29 is 14.3 Å². The van der Waals surface area contributed by atoms with Crippen molar-refractivity contribution in [2.75, 3.05) is 13.7 Å². The molecule has 1 aliphatic carbocycles. The Morgan fingerprint density at radius 3 is 2.65 bits per heavy atom. The van der Waals surface area contributed by atoms with Gasteiger partial charge in [0.25, 0.3) is 0 Å². The minimum atomic E-state index is 0.0418. The lowest BCUT2D eigenvalue weighted by Crippen LogP contribution is -2.06. The Balaban J connectivity index is 2.26. The summed E-state index contributed by atoms with van der Waals surface area (Å²) >= 11 is 17.1. The first-order valence-corrected chi connectivity index (χ1v) is 7.22. The topological polar surface area (TPSA) is 35.5 Å². The molecule has 3 nitrogen and oxygen atoms in total. The van der Waals surface area contributed by atoms with E-state index in [0.29, 0.717) is 22.1 Å². The molecule has 6 heteroatoms. The fourth-order valence-electron chi connectivity index (χ4n) is 1.81. The second-order valence-electron chi connectivity index (χ2n) is 4.43. The van der Waals surface area contributed by atoms with E-state index in [9.17, 15) is 4.79 Å². The number of carbonyl (C=O) groups is 1. The van der Waals surface area contributed by atoms with Crippen LogP contribution in [0.15, 0.2) is 22.7 Å². The summed E-state index contributed by atoms with van der Waals surface area (Å²) in [6.07, 6.45) is 3.33. The highest BCUT2D eigenvalue weighted by Crippen LogP contribution is 2.39. The van der Waals surface area contributed by atoms with Crippen molar-refractivity contribution in [3.05, 3.63) is 33.3 Å². The molecule has 1 aromatic rings. The maximum atomic E-state index is 12.2. The molecule has 0 amide bonds. The zero-order chi connectivity index (χ0) is 14.7. The van der Waals surface area contributed by atoms with E-state index in [1.807, 2.05) is 0 Å². The summed E-state index contributed by atoms with van der Waals surface area (Å²) in [5, 5.41) is 0.343. The quantitative estimate of drug-likeness (QED) is 0.710. The van der Waals surface area contributed by atoms with Gasteiger partial charge in [0.2, 0.25) is 0 Å². The van der Waals surface area contributed by atoms with E-state index < -0.39 is 0 Å². The van der Waals surface area contributed by atoms with Crippen LogP contribution in [0.5, 0.6) is 11.5 Å². The van der Waals surface area contributed by atoms with Crippen molar-refractivity contribution in [1.29, 1.82) is 0 Å². The van der Waals surface area contributed by atoms with Crippen LogP contribution in [0.3, 0.4) is 0 Å². The molecular weight excluding hydrogens is 323 g/mol. The minimum Gasteiger partial charge on any atom is -0.494 e. The molecule has 1 fully saturated rings. The average Bonchev–Trinajstić information content (AvgIpc) is 3.21. The van der Waals surface area contributed by atoms with Crippen molar-refractivity contribution in [1.82, 2.24) is 0 Å².